The zero-order valence-corrected chi connectivity index (χ0v) is 30.1. The van der Waals surface area contributed by atoms with E-state index in [0.29, 0.717) is 0 Å². The molecule has 0 bridgehead atoms. The second kappa shape index (κ2) is 11.8. The normalized spacial score (nSPS) is 13.7. The van der Waals surface area contributed by atoms with Gasteiger partial charge in [0.15, 0.2) is 0 Å². The molecule has 4 nitrogen and oxygen atoms in total. The third-order valence-electron chi connectivity index (χ3n) is 10.9. The number of aliphatic imine (C=N–C) groups is 1. The highest BCUT2D eigenvalue weighted by Gasteiger charge is 2.40. The Balaban J connectivity index is 1.17. The van der Waals surface area contributed by atoms with Crippen molar-refractivity contribution >= 4 is 59.0 Å². The molecule has 52 heavy (non-hydrogen) atoms. The van der Waals surface area contributed by atoms with Gasteiger partial charge in [-0.15, -0.1) is 0 Å². The summed E-state index contributed by atoms with van der Waals surface area (Å²) in [4.78, 5) is 5.35. The van der Waals surface area contributed by atoms with Crippen LogP contribution < -0.4 is 5.09 Å². The number of para-hydroxylation sites is 2. The van der Waals surface area contributed by atoms with Crippen LogP contribution in [0.3, 0.4) is 0 Å². The van der Waals surface area contributed by atoms with Crippen LogP contribution in [0, 0.1) is 0 Å². The van der Waals surface area contributed by atoms with Gasteiger partial charge in [-0.1, -0.05) is 135 Å². The molecule has 0 amide bonds. The van der Waals surface area contributed by atoms with Gasteiger partial charge in [-0.05, 0) is 79.2 Å². The van der Waals surface area contributed by atoms with Crippen molar-refractivity contribution in [1.29, 1.82) is 0 Å². The van der Waals surface area contributed by atoms with Crippen molar-refractivity contribution in [3.05, 3.63) is 186 Å². The first-order chi connectivity index (χ1) is 25.5. The summed E-state index contributed by atoms with van der Waals surface area (Å²) < 4.78 is 8.80. The van der Waals surface area contributed by atoms with Crippen LogP contribution in [0.25, 0.3) is 60.6 Å². The van der Waals surface area contributed by atoms with Crippen LogP contribution in [-0.4, -0.2) is 10.4 Å². The maximum Gasteiger partial charge on any atom is 0.135 e. The number of fused-ring (bicyclic) bond motifs is 11. The summed E-state index contributed by atoms with van der Waals surface area (Å²) in [5.74, 6) is 0.805. The third-order valence-corrected chi connectivity index (χ3v) is 11.2. The molecule has 0 aliphatic heterocycles. The smallest absolute Gasteiger partial charge is 0.135 e. The number of nitrogens with zero attached hydrogens (tertiary/aromatic N) is 2. The third kappa shape index (κ3) is 4.54. The van der Waals surface area contributed by atoms with E-state index in [0.717, 1.165) is 39.4 Å². The van der Waals surface area contributed by atoms with E-state index in [-0.39, 0.29) is 11.5 Å². The van der Waals surface area contributed by atoms with E-state index in [1.807, 2.05) is 6.07 Å². The summed E-state index contributed by atoms with van der Waals surface area (Å²) in [5, 5.41) is 8.31. The molecule has 9 aromatic rings. The molecule has 0 radical (unpaired) electrons. The fourth-order valence-corrected chi connectivity index (χ4v) is 9.00. The number of nitrogens with one attached hydrogen (secondary N) is 1. The lowest BCUT2D eigenvalue weighted by molar-refractivity contribution is 0.660. The van der Waals surface area contributed by atoms with Gasteiger partial charge < -0.3 is 14.1 Å². The minimum Gasteiger partial charge on any atom is -0.456 e. The van der Waals surface area contributed by atoms with Crippen LogP contribution in [0.5, 0.6) is 0 Å². The second-order valence-corrected chi connectivity index (χ2v) is 14.5. The van der Waals surface area contributed by atoms with Crippen molar-refractivity contribution in [3.63, 3.8) is 0 Å². The van der Waals surface area contributed by atoms with Crippen LogP contribution in [0.2, 0.25) is 0 Å². The number of aromatic nitrogens is 1. The first-order valence-corrected chi connectivity index (χ1v) is 18.4. The fraction of sp³-hybridized carbons (Fsp3) is 0.0851. The summed E-state index contributed by atoms with van der Waals surface area (Å²) in [5.41, 5.74) is 13.7. The molecule has 250 valence electrons. The molecule has 0 saturated carbocycles. The molecule has 2 aromatic heterocycles. The second-order valence-electron chi connectivity index (χ2n) is 14.2. The lowest BCUT2D eigenvalue weighted by Gasteiger charge is -2.23. The van der Waals surface area contributed by atoms with Crippen molar-refractivity contribution < 1.29 is 4.42 Å². The molecule has 1 atom stereocenters. The van der Waals surface area contributed by atoms with Crippen molar-refractivity contribution in [2.24, 2.45) is 4.99 Å². The van der Waals surface area contributed by atoms with Crippen molar-refractivity contribution in [1.82, 2.24) is 9.65 Å². The van der Waals surface area contributed by atoms with Crippen molar-refractivity contribution in [2.45, 2.75) is 25.3 Å². The Labute approximate surface area is 304 Å². The van der Waals surface area contributed by atoms with Gasteiger partial charge in [0.2, 0.25) is 0 Å². The van der Waals surface area contributed by atoms with Gasteiger partial charge >= 0.3 is 0 Å². The van der Waals surface area contributed by atoms with Crippen LogP contribution in [0.15, 0.2) is 167 Å². The maximum atomic E-state index is 6.38. The lowest BCUT2D eigenvalue weighted by Crippen LogP contribution is -2.17. The predicted molar refractivity (Wildman–Crippen MR) is 220 cm³/mol. The molecule has 1 aliphatic carbocycles. The number of amidine groups is 1. The maximum absolute atomic E-state index is 6.38. The largest absolute Gasteiger partial charge is 0.456 e. The molecule has 0 saturated heterocycles. The van der Waals surface area contributed by atoms with Crippen LogP contribution in [0.1, 0.15) is 47.7 Å². The molecule has 2 heterocycles. The van der Waals surface area contributed by atoms with Gasteiger partial charge in [0.1, 0.15) is 23.0 Å². The molecular formula is C47H36N3OP. The van der Waals surface area contributed by atoms with Gasteiger partial charge in [0.25, 0.3) is 0 Å². The minimum absolute atomic E-state index is 0.160. The molecule has 1 aliphatic rings. The highest BCUT2D eigenvalue weighted by atomic mass is 31.0. The first kappa shape index (κ1) is 30.8. The predicted octanol–water partition coefficient (Wildman–Crippen LogP) is 11.9. The van der Waals surface area contributed by atoms with Gasteiger partial charge in [0.05, 0.1) is 11.0 Å². The topological polar surface area (TPSA) is 42.5 Å². The molecule has 0 spiro atoms. The van der Waals surface area contributed by atoms with E-state index in [1.165, 1.54) is 54.8 Å². The van der Waals surface area contributed by atoms with E-state index in [1.54, 1.807) is 0 Å². The van der Waals surface area contributed by atoms with E-state index < -0.39 is 0 Å². The van der Waals surface area contributed by atoms with E-state index in [2.05, 4.69) is 185 Å². The van der Waals surface area contributed by atoms with Gasteiger partial charge in [-0.2, -0.15) is 0 Å². The number of hydrogen-bond acceptors (Lipinski definition) is 2. The van der Waals surface area contributed by atoms with Gasteiger partial charge in [-0.3, -0.25) is 4.99 Å². The SMILES string of the molecule is CC1(C)c2c(ccc3oc4ccccc4c23)-c2ccc3c(c21)c1ccccc1n3-c1cccc(C(=NC(c2ccccc2)c2ccccc2)NP)c1. The van der Waals surface area contributed by atoms with Gasteiger partial charge in [-0.25, -0.2) is 0 Å². The minimum atomic E-state index is -0.264. The Bertz CT molecular complexity index is 2830. The number of rotatable bonds is 5. The quantitative estimate of drug-likeness (QED) is 0.111. The van der Waals surface area contributed by atoms with E-state index >= 15 is 0 Å². The Morgan fingerprint density at radius 3 is 1.98 bits per heavy atom. The Kier molecular flexibility index (Phi) is 7.00. The van der Waals surface area contributed by atoms with Crippen LogP contribution >= 0.6 is 9.39 Å². The summed E-state index contributed by atoms with van der Waals surface area (Å²) in [7, 11) is 2.68. The molecule has 0 fully saturated rings. The highest BCUT2D eigenvalue weighted by molar-refractivity contribution is 7.15. The Morgan fingerprint density at radius 1 is 0.615 bits per heavy atom. The highest BCUT2D eigenvalue weighted by Crippen LogP contribution is 2.56. The monoisotopic (exact) mass is 689 g/mol. The lowest BCUT2D eigenvalue weighted by atomic mass is 9.79. The van der Waals surface area contributed by atoms with Gasteiger partial charge in [0, 0.05) is 38.2 Å². The van der Waals surface area contributed by atoms with Crippen LogP contribution in [0.4, 0.5) is 0 Å². The summed E-state index contributed by atoms with van der Waals surface area (Å²) in [6.07, 6.45) is 0. The van der Waals surface area contributed by atoms with E-state index in [4.69, 9.17) is 9.41 Å². The molecular weight excluding hydrogens is 654 g/mol. The zero-order valence-electron chi connectivity index (χ0n) is 29.0. The molecule has 10 rings (SSSR count). The molecule has 1 N–H and O–H groups in total. The van der Waals surface area contributed by atoms with Crippen molar-refractivity contribution in [2.75, 3.05) is 0 Å². The van der Waals surface area contributed by atoms with Crippen LogP contribution in [-0.2, 0) is 5.41 Å². The first-order valence-electron chi connectivity index (χ1n) is 17.8. The zero-order chi connectivity index (χ0) is 35.0. The number of hydrogen-bond donors (Lipinski definition) is 1. The molecule has 7 aromatic carbocycles. The summed E-state index contributed by atoms with van der Waals surface area (Å²) in [6.45, 7) is 4.77. The molecule has 1 unspecified atom stereocenters. The molecule has 5 heteroatoms. The fourth-order valence-electron chi connectivity index (χ4n) is 8.76. The summed E-state index contributed by atoms with van der Waals surface area (Å²) in [6, 6.07) is 55.9. The standard InChI is InChI=1S/C47H36N3OP/c1-47(2)43-33(34-25-27-40-42(44(34)47)36-21-10-12-23-39(36)51-40)24-26-38-41(43)35-20-9-11-22-37(35)50(38)32-19-13-18-31(28-32)46(49-52)48-45(29-14-5-3-6-15-29)30-16-7-4-8-17-30/h3-28,45H,52H2,1-2H3,(H,48,49). The van der Waals surface area contributed by atoms with E-state index in [9.17, 15) is 0 Å². The Morgan fingerprint density at radius 2 is 1.25 bits per heavy atom. The van der Waals surface area contributed by atoms with Crippen molar-refractivity contribution in [3.8, 4) is 16.8 Å². The summed E-state index contributed by atoms with van der Waals surface area (Å²) >= 11 is 0. The Hall–Kier alpha value is -5.96. The average molecular weight is 690 g/mol. The number of furan rings is 1. The number of benzene rings is 7. The average Bonchev–Trinajstić information content (AvgIpc) is 3.81.